The minimum absolute atomic E-state index is 0.249. The van der Waals surface area contributed by atoms with Crippen LogP contribution in [0.4, 0.5) is 5.13 Å². The van der Waals surface area contributed by atoms with Crippen LogP contribution in [-0.2, 0) is 6.42 Å². The molecule has 0 spiro atoms. The molecule has 0 fully saturated rings. The van der Waals surface area contributed by atoms with Crippen molar-refractivity contribution in [2.75, 3.05) is 18.9 Å². The molecule has 4 rings (SSSR count). The van der Waals surface area contributed by atoms with Crippen LogP contribution in [0.5, 0.6) is 11.5 Å². The van der Waals surface area contributed by atoms with E-state index in [1.807, 2.05) is 24.3 Å². The number of benzene rings is 2. The van der Waals surface area contributed by atoms with E-state index in [2.05, 4.69) is 44.9 Å². The van der Waals surface area contributed by atoms with Crippen LogP contribution in [0, 0.1) is 0 Å². The van der Waals surface area contributed by atoms with Crippen molar-refractivity contribution in [3.8, 4) is 11.5 Å². The molecule has 0 saturated heterocycles. The number of hydrogen-bond donors (Lipinski definition) is 2. The molecule has 0 radical (unpaired) electrons. The molecule has 0 unspecified atom stereocenters. The molecule has 152 valence electrons. The summed E-state index contributed by atoms with van der Waals surface area (Å²) in [6, 6.07) is 19.6. The second kappa shape index (κ2) is 9.37. The number of thiazole rings is 1. The lowest BCUT2D eigenvalue weighted by molar-refractivity contribution is 0.0958. The fourth-order valence-corrected chi connectivity index (χ4v) is 3.96. The van der Waals surface area contributed by atoms with Gasteiger partial charge in [0.15, 0.2) is 5.13 Å². The van der Waals surface area contributed by atoms with Crippen molar-refractivity contribution < 1.29 is 9.53 Å². The van der Waals surface area contributed by atoms with Crippen molar-refractivity contribution >= 4 is 32.6 Å². The highest BCUT2D eigenvalue weighted by molar-refractivity contribution is 7.22. The predicted octanol–water partition coefficient (Wildman–Crippen LogP) is 4.89. The largest absolute Gasteiger partial charge is 0.457 e. The summed E-state index contributed by atoms with van der Waals surface area (Å²) in [6.45, 7) is 0.872. The van der Waals surface area contributed by atoms with Gasteiger partial charge in [-0.1, -0.05) is 41.7 Å². The van der Waals surface area contributed by atoms with E-state index in [4.69, 9.17) is 4.74 Å². The van der Waals surface area contributed by atoms with Crippen molar-refractivity contribution in [3.05, 3.63) is 78.1 Å². The highest BCUT2D eigenvalue weighted by atomic mass is 32.1. The second-order valence-corrected chi connectivity index (χ2v) is 7.75. The Morgan fingerprint density at radius 1 is 1.07 bits per heavy atom. The molecule has 30 heavy (non-hydrogen) atoms. The van der Waals surface area contributed by atoms with Crippen molar-refractivity contribution in [3.63, 3.8) is 0 Å². The van der Waals surface area contributed by atoms with E-state index in [-0.39, 0.29) is 5.91 Å². The summed E-state index contributed by atoms with van der Waals surface area (Å²) in [5.74, 6) is 1.00. The molecule has 6 nitrogen and oxygen atoms in total. The number of hydrogen-bond acceptors (Lipinski definition) is 6. The van der Waals surface area contributed by atoms with Gasteiger partial charge in [-0.15, -0.1) is 0 Å². The molecule has 0 bridgehead atoms. The molecule has 2 N–H and O–H groups in total. The standard InChI is InChI=1S/C23H22N4O2S/c1-24-22(28)20-14-18(11-13-25-20)29-17-9-10-19-21(15-17)30-23(27-19)26-12-5-8-16-6-3-2-4-7-16/h2-4,6-7,9-11,13-15H,5,8,12H2,1H3,(H,24,28)(H,26,27). The first kappa shape index (κ1) is 19.8. The first-order valence-electron chi connectivity index (χ1n) is 9.75. The number of pyridine rings is 1. The van der Waals surface area contributed by atoms with Crippen LogP contribution < -0.4 is 15.4 Å². The van der Waals surface area contributed by atoms with Crippen LogP contribution >= 0.6 is 11.3 Å². The molecule has 0 aliphatic heterocycles. The lowest BCUT2D eigenvalue weighted by atomic mass is 10.1. The summed E-state index contributed by atoms with van der Waals surface area (Å²) in [6.07, 6.45) is 3.65. The van der Waals surface area contributed by atoms with Gasteiger partial charge in [-0.05, 0) is 36.6 Å². The smallest absolute Gasteiger partial charge is 0.269 e. The molecule has 0 atom stereocenters. The zero-order valence-corrected chi connectivity index (χ0v) is 17.4. The Kier molecular flexibility index (Phi) is 6.20. The number of nitrogens with zero attached hydrogens (tertiary/aromatic N) is 2. The number of anilines is 1. The second-order valence-electron chi connectivity index (χ2n) is 6.72. The molecule has 0 aliphatic carbocycles. The van der Waals surface area contributed by atoms with E-state index in [9.17, 15) is 4.79 Å². The minimum atomic E-state index is -0.249. The highest BCUT2D eigenvalue weighted by Gasteiger charge is 2.09. The van der Waals surface area contributed by atoms with Crippen LogP contribution in [0.2, 0.25) is 0 Å². The van der Waals surface area contributed by atoms with Gasteiger partial charge in [-0.2, -0.15) is 0 Å². The Labute approximate surface area is 179 Å². The summed E-state index contributed by atoms with van der Waals surface area (Å²) in [5, 5.41) is 6.88. The van der Waals surface area contributed by atoms with Crippen LogP contribution in [-0.4, -0.2) is 29.5 Å². The average molecular weight is 419 g/mol. The number of rotatable bonds is 8. The van der Waals surface area contributed by atoms with Gasteiger partial charge in [0.05, 0.1) is 10.2 Å². The Balaban J connectivity index is 1.38. The number of aryl methyl sites for hydroxylation is 1. The lowest BCUT2D eigenvalue weighted by Crippen LogP contribution is -2.18. The lowest BCUT2D eigenvalue weighted by Gasteiger charge is -2.06. The van der Waals surface area contributed by atoms with Gasteiger partial charge in [-0.25, -0.2) is 4.98 Å². The summed E-state index contributed by atoms with van der Waals surface area (Å²) >= 11 is 1.60. The van der Waals surface area contributed by atoms with Gasteiger partial charge in [-0.3, -0.25) is 9.78 Å². The first-order valence-corrected chi connectivity index (χ1v) is 10.6. The van der Waals surface area contributed by atoms with Crippen LogP contribution in [0.3, 0.4) is 0 Å². The zero-order chi connectivity index (χ0) is 20.8. The molecular formula is C23H22N4O2S. The maximum Gasteiger partial charge on any atom is 0.269 e. The summed E-state index contributed by atoms with van der Waals surface area (Å²) in [4.78, 5) is 20.4. The van der Waals surface area contributed by atoms with E-state index in [1.54, 1.807) is 36.7 Å². The van der Waals surface area contributed by atoms with Gasteiger partial charge >= 0.3 is 0 Å². The van der Waals surface area contributed by atoms with Crippen molar-refractivity contribution in [1.82, 2.24) is 15.3 Å². The van der Waals surface area contributed by atoms with E-state index >= 15 is 0 Å². The Bertz CT molecular complexity index is 1140. The molecule has 7 heteroatoms. The van der Waals surface area contributed by atoms with Crippen molar-refractivity contribution in [2.24, 2.45) is 0 Å². The van der Waals surface area contributed by atoms with E-state index in [1.165, 1.54) is 5.56 Å². The van der Waals surface area contributed by atoms with Gasteiger partial charge in [0.1, 0.15) is 17.2 Å². The third-order valence-corrected chi connectivity index (χ3v) is 5.52. The number of aromatic nitrogens is 2. The molecule has 0 aliphatic rings. The van der Waals surface area contributed by atoms with E-state index in [0.29, 0.717) is 17.2 Å². The Morgan fingerprint density at radius 3 is 2.73 bits per heavy atom. The predicted molar refractivity (Wildman–Crippen MR) is 121 cm³/mol. The number of fused-ring (bicyclic) bond motifs is 1. The zero-order valence-electron chi connectivity index (χ0n) is 16.6. The van der Waals surface area contributed by atoms with Gasteiger partial charge < -0.3 is 15.4 Å². The fraction of sp³-hybridized carbons (Fsp3) is 0.174. The average Bonchev–Trinajstić information content (AvgIpc) is 3.19. The molecule has 1 amide bonds. The summed E-state index contributed by atoms with van der Waals surface area (Å²) in [7, 11) is 1.57. The normalized spacial score (nSPS) is 10.7. The number of nitrogens with one attached hydrogen (secondary N) is 2. The number of ether oxygens (including phenoxy) is 1. The van der Waals surface area contributed by atoms with Gasteiger partial charge in [0, 0.05) is 31.9 Å². The van der Waals surface area contributed by atoms with Crippen LogP contribution in [0.1, 0.15) is 22.5 Å². The maximum absolute atomic E-state index is 11.7. The topological polar surface area (TPSA) is 76.1 Å². The quantitative estimate of drug-likeness (QED) is 0.399. The molecular weight excluding hydrogens is 396 g/mol. The van der Waals surface area contributed by atoms with Crippen molar-refractivity contribution in [1.29, 1.82) is 0 Å². The van der Waals surface area contributed by atoms with Gasteiger partial charge in [0.2, 0.25) is 0 Å². The fourth-order valence-electron chi connectivity index (χ4n) is 3.04. The van der Waals surface area contributed by atoms with Crippen LogP contribution in [0.25, 0.3) is 10.2 Å². The Morgan fingerprint density at radius 2 is 1.90 bits per heavy atom. The molecule has 2 aromatic heterocycles. The number of amides is 1. The molecule has 2 heterocycles. The van der Waals surface area contributed by atoms with Crippen LogP contribution in [0.15, 0.2) is 66.9 Å². The third kappa shape index (κ3) is 4.93. The van der Waals surface area contributed by atoms with E-state index in [0.717, 1.165) is 34.7 Å². The molecule has 4 aromatic rings. The maximum atomic E-state index is 11.7. The Hall–Kier alpha value is -3.45. The van der Waals surface area contributed by atoms with E-state index < -0.39 is 0 Å². The number of carbonyl (C=O) groups excluding carboxylic acids is 1. The minimum Gasteiger partial charge on any atom is -0.457 e. The highest BCUT2D eigenvalue weighted by Crippen LogP contribution is 2.31. The molecule has 0 saturated carbocycles. The molecule has 2 aromatic carbocycles. The monoisotopic (exact) mass is 418 g/mol. The summed E-state index contributed by atoms with van der Waals surface area (Å²) < 4.78 is 6.96. The summed E-state index contributed by atoms with van der Waals surface area (Å²) in [5.41, 5.74) is 2.59. The first-order chi connectivity index (χ1) is 14.7. The van der Waals surface area contributed by atoms with Crippen molar-refractivity contribution in [2.45, 2.75) is 12.8 Å². The SMILES string of the molecule is CNC(=O)c1cc(Oc2ccc3nc(NCCCc4ccccc4)sc3c2)ccn1. The number of carbonyl (C=O) groups is 1. The third-order valence-electron chi connectivity index (χ3n) is 4.55. The van der Waals surface area contributed by atoms with Gasteiger partial charge in [0.25, 0.3) is 5.91 Å².